The molecule has 5 aromatic rings. The van der Waals surface area contributed by atoms with Crippen molar-refractivity contribution in [1.29, 1.82) is 0 Å². The first kappa shape index (κ1) is 64.8. The van der Waals surface area contributed by atoms with E-state index < -0.39 is 81.7 Å². The molecule has 0 aliphatic rings. The van der Waals surface area contributed by atoms with Crippen LogP contribution in [0.15, 0.2) is 82.2 Å². The second-order valence-corrected chi connectivity index (χ2v) is 22.6. The minimum absolute atomic E-state index is 0.0697. The van der Waals surface area contributed by atoms with E-state index >= 15 is 0 Å². The maximum Gasteiger partial charge on any atom is 0.413 e. The summed E-state index contributed by atoms with van der Waals surface area (Å²) in [6.45, 7) is 32.8. The van der Waals surface area contributed by atoms with Gasteiger partial charge in [0.15, 0.2) is 12.1 Å². The van der Waals surface area contributed by atoms with Gasteiger partial charge in [-0.25, -0.2) is 19.2 Å². The summed E-state index contributed by atoms with van der Waals surface area (Å²) in [7, 11) is 0. The van der Waals surface area contributed by atoms with E-state index in [1.807, 2.05) is 81.4 Å². The maximum atomic E-state index is 13.0. The number of nitrogens with two attached hydrogens (primary N) is 1. The number of pyridine rings is 2. The van der Waals surface area contributed by atoms with Crippen LogP contribution in [0.5, 0.6) is 5.75 Å². The number of ether oxygens (including phenoxy) is 5. The van der Waals surface area contributed by atoms with Crippen molar-refractivity contribution in [1.82, 2.24) is 46.3 Å². The predicted molar refractivity (Wildman–Crippen MR) is 288 cm³/mol. The number of non-ortho nitro benzene ring substituents is 1. The van der Waals surface area contributed by atoms with Gasteiger partial charge in [0.2, 0.25) is 23.6 Å². The van der Waals surface area contributed by atoms with Gasteiger partial charge >= 0.3 is 24.1 Å². The molecule has 0 aliphatic heterocycles. The Kier molecular flexibility index (Phi) is 23.5. The minimum Gasteiger partial charge on any atom is -0.458 e. The summed E-state index contributed by atoms with van der Waals surface area (Å²) in [5, 5.41) is 34.8. The standard InChI is InChI=1S/C24H37N5O5.C19H28N2O7.C11H14N4O/c1-14(2)17(20-29-28-19(32-20)16-10-12-25-13-11-16)26-22(31)27-18(15(3)33-23(4,5)6)21(30)34-24(7,8)9;1-12(27-18(2,3)4)15(16(22)28-19(5,6)7)20-17(23)26-14-10-8-13(9-11-14)21(24)25;1-7(2)9(12)11-15-14-10(16-11)8-3-5-13-6-4-8/h10-15,17-18H,1-9H3,(H2,26,27,31);8-12,15H,1-7H3,(H,20,23);3-7,9H,12H2,1-2H3/t15?,17-,18-;12?,15-;9-/m000/s1. The number of esters is 2. The number of carbonyl (C=O) groups is 4. The summed E-state index contributed by atoms with van der Waals surface area (Å²) in [5.41, 5.74) is 4.82. The van der Waals surface area contributed by atoms with Gasteiger partial charge in [0, 0.05) is 48.0 Å². The first-order valence-corrected chi connectivity index (χ1v) is 25.4. The summed E-state index contributed by atoms with van der Waals surface area (Å²) < 4.78 is 39.0. The Morgan fingerprint density at radius 2 is 0.974 bits per heavy atom. The molecule has 3 amide bonds. The monoisotopic (exact) mass is 1090 g/mol. The first-order valence-electron chi connectivity index (χ1n) is 25.4. The number of amides is 3. The molecule has 24 nitrogen and oxygen atoms in total. The van der Waals surface area contributed by atoms with Crippen LogP contribution in [0.3, 0.4) is 0 Å². The number of benzene rings is 1. The number of hydrogen-bond acceptors (Lipinski definition) is 20. The molecule has 4 heterocycles. The van der Waals surface area contributed by atoms with Gasteiger partial charge in [-0.05, 0) is 145 Å². The quantitative estimate of drug-likeness (QED) is 0.0382. The highest BCUT2D eigenvalue weighted by Gasteiger charge is 2.37. The molecule has 5 N–H and O–H groups in total. The van der Waals surface area contributed by atoms with Crippen LogP contribution in [0.1, 0.15) is 148 Å². The van der Waals surface area contributed by atoms with Gasteiger partial charge in [-0.2, -0.15) is 0 Å². The number of nitrogens with one attached hydrogen (secondary N) is 3. The molecule has 0 fully saturated rings. The predicted octanol–water partition coefficient (Wildman–Crippen LogP) is 9.43. The van der Waals surface area contributed by atoms with Crippen LogP contribution in [0.2, 0.25) is 0 Å². The summed E-state index contributed by atoms with van der Waals surface area (Å²) in [4.78, 5) is 68.7. The highest BCUT2D eigenvalue weighted by atomic mass is 16.6. The van der Waals surface area contributed by atoms with Gasteiger partial charge in [0.25, 0.3) is 5.69 Å². The van der Waals surface area contributed by atoms with Gasteiger partial charge < -0.3 is 54.2 Å². The number of nitro benzene ring substituents is 1. The minimum atomic E-state index is -1.11. The molecule has 78 heavy (non-hydrogen) atoms. The van der Waals surface area contributed by atoms with Crippen LogP contribution in [0.25, 0.3) is 22.9 Å². The SMILES string of the molecule is CC(C)[C@H](N)c1nnc(-c2ccncc2)o1.CC(OC(C)(C)C)[C@H](NC(=O)N[C@H](c1nnc(-c2ccncc2)o1)C(C)C)C(=O)OC(C)(C)C.CC(OC(C)(C)C)[C@H](NC(=O)Oc1ccc([N+](=O)[O-])cc1)C(=O)OC(C)(C)C. The van der Waals surface area contributed by atoms with Crippen molar-refractivity contribution in [3.05, 3.63) is 95.2 Å². The lowest BCUT2D eigenvalue weighted by molar-refractivity contribution is -0.384. The Labute approximate surface area is 456 Å². The summed E-state index contributed by atoms with van der Waals surface area (Å²) in [6.07, 6.45) is 4.38. The van der Waals surface area contributed by atoms with E-state index in [9.17, 15) is 29.3 Å². The molecule has 0 spiro atoms. The van der Waals surface area contributed by atoms with Crippen LogP contribution in [-0.2, 0) is 28.5 Å². The third kappa shape index (κ3) is 23.0. The Morgan fingerprint density at radius 3 is 1.36 bits per heavy atom. The number of nitrogens with zero attached hydrogens (tertiary/aromatic N) is 7. The van der Waals surface area contributed by atoms with Crippen molar-refractivity contribution in [2.75, 3.05) is 0 Å². The second kappa shape index (κ2) is 28.3. The lowest BCUT2D eigenvalue weighted by Gasteiger charge is -2.32. The molecule has 428 valence electrons. The van der Waals surface area contributed by atoms with Crippen molar-refractivity contribution in [2.24, 2.45) is 17.6 Å². The van der Waals surface area contributed by atoms with E-state index in [1.165, 1.54) is 24.3 Å². The third-order valence-corrected chi connectivity index (χ3v) is 10.1. The van der Waals surface area contributed by atoms with E-state index in [-0.39, 0.29) is 35.2 Å². The molecule has 4 aromatic heterocycles. The average molecular weight is 1090 g/mol. The third-order valence-electron chi connectivity index (χ3n) is 10.1. The van der Waals surface area contributed by atoms with Gasteiger partial charge in [-0.15, -0.1) is 20.4 Å². The zero-order chi connectivity index (χ0) is 58.9. The Bertz CT molecular complexity index is 2670. The molecule has 1 aromatic carbocycles. The smallest absolute Gasteiger partial charge is 0.413 e. The number of rotatable bonds is 17. The molecule has 5 rings (SSSR count). The van der Waals surface area contributed by atoms with Crippen molar-refractivity contribution >= 4 is 29.8 Å². The van der Waals surface area contributed by atoms with Crippen LogP contribution in [0, 0.1) is 22.0 Å². The van der Waals surface area contributed by atoms with Gasteiger partial charge in [-0.3, -0.25) is 20.1 Å². The molecule has 2 unspecified atom stereocenters. The van der Waals surface area contributed by atoms with E-state index in [0.29, 0.717) is 17.7 Å². The number of aromatic nitrogens is 6. The van der Waals surface area contributed by atoms with Crippen molar-refractivity contribution in [2.45, 2.75) is 183 Å². The molecule has 0 radical (unpaired) electrons. The van der Waals surface area contributed by atoms with Crippen LogP contribution in [0.4, 0.5) is 15.3 Å². The molecular weight excluding hydrogens is 1010 g/mol. The Hall–Kier alpha value is -7.44. The fraction of sp³-hybridized carbons (Fsp3) is 0.556. The van der Waals surface area contributed by atoms with Gasteiger partial charge in [-0.1, -0.05) is 27.7 Å². The first-order chi connectivity index (χ1) is 36.0. The van der Waals surface area contributed by atoms with Gasteiger partial charge in [0.05, 0.1) is 34.4 Å². The largest absolute Gasteiger partial charge is 0.458 e. The van der Waals surface area contributed by atoms with E-state index in [0.717, 1.165) is 11.1 Å². The second-order valence-electron chi connectivity index (χ2n) is 22.6. The molecule has 24 heteroatoms. The fourth-order valence-corrected chi connectivity index (χ4v) is 6.69. The summed E-state index contributed by atoms with van der Waals surface area (Å²) in [5.74, 6) is 0.577. The van der Waals surface area contributed by atoms with E-state index in [1.54, 1.807) is 92.3 Å². The van der Waals surface area contributed by atoms with Crippen LogP contribution in [-0.4, -0.2) is 106 Å². The fourth-order valence-electron chi connectivity index (χ4n) is 6.69. The normalized spacial score (nSPS) is 14.2. The Morgan fingerprint density at radius 1 is 0.564 bits per heavy atom. The van der Waals surface area contributed by atoms with Crippen molar-refractivity contribution < 1.29 is 56.6 Å². The molecule has 6 atom stereocenters. The topological polar surface area (TPSA) is 323 Å². The van der Waals surface area contributed by atoms with Crippen molar-refractivity contribution in [3.63, 3.8) is 0 Å². The summed E-state index contributed by atoms with van der Waals surface area (Å²) >= 11 is 0. The highest BCUT2D eigenvalue weighted by Crippen LogP contribution is 2.26. The number of nitro groups is 1. The summed E-state index contributed by atoms with van der Waals surface area (Å²) in [6, 6.07) is 8.62. The number of hydrogen-bond donors (Lipinski definition) is 4. The molecular formula is C54H79N11O13. The van der Waals surface area contributed by atoms with E-state index in [2.05, 4.69) is 46.3 Å². The highest BCUT2D eigenvalue weighted by molar-refractivity contribution is 5.85. The molecule has 0 saturated heterocycles. The lowest BCUT2D eigenvalue weighted by atomic mass is 10.0. The van der Waals surface area contributed by atoms with Gasteiger partial charge in [0.1, 0.15) is 23.0 Å². The molecule has 0 aliphatic carbocycles. The number of urea groups is 1. The molecule has 0 saturated carbocycles. The zero-order valence-electron chi connectivity index (χ0n) is 48.1. The molecule has 0 bridgehead atoms. The number of carbonyl (C=O) groups excluding carboxylic acids is 4. The maximum absolute atomic E-state index is 13.0. The Balaban J connectivity index is 0.000000326. The van der Waals surface area contributed by atoms with E-state index in [4.69, 9.17) is 38.3 Å². The zero-order valence-corrected chi connectivity index (χ0v) is 48.1. The average Bonchev–Trinajstić information content (AvgIpc) is 4.02. The van der Waals surface area contributed by atoms with Crippen LogP contribution < -0.4 is 26.4 Å². The lowest BCUT2D eigenvalue weighted by Crippen LogP contribution is -2.55. The van der Waals surface area contributed by atoms with Crippen LogP contribution >= 0.6 is 0 Å². The van der Waals surface area contributed by atoms with Crippen molar-refractivity contribution in [3.8, 4) is 28.7 Å².